The quantitative estimate of drug-likeness (QED) is 0.931. The van der Waals surface area contributed by atoms with Gasteiger partial charge in [0.05, 0.1) is 5.52 Å². The third kappa shape index (κ3) is 2.08. The van der Waals surface area contributed by atoms with Crippen molar-refractivity contribution in [2.75, 3.05) is 19.6 Å². The standard InChI is InChI=1S/C15H19N3O2/c1-3-17-6-5-11(9-17)14-16-13(15(19)20)12-8-10(2)4-7-18(12)14/h4,7-8,11H,3,5-6,9H2,1-2H3,(H,19,20). The third-order valence-corrected chi connectivity index (χ3v) is 4.11. The number of hydrogen-bond acceptors (Lipinski definition) is 3. The number of imidazole rings is 1. The Morgan fingerprint density at radius 1 is 1.55 bits per heavy atom. The Morgan fingerprint density at radius 3 is 3.00 bits per heavy atom. The van der Waals surface area contributed by atoms with Gasteiger partial charge in [0.2, 0.25) is 0 Å². The number of likely N-dealkylation sites (tertiary alicyclic amines) is 1. The van der Waals surface area contributed by atoms with Crippen LogP contribution in [0.3, 0.4) is 0 Å². The summed E-state index contributed by atoms with van der Waals surface area (Å²) in [5, 5.41) is 9.34. The molecule has 1 aliphatic rings. The second-order valence-corrected chi connectivity index (χ2v) is 5.46. The van der Waals surface area contributed by atoms with E-state index in [1.165, 1.54) is 0 Å². The van der Waals surface area contributed by atoms with Crippen LogP contribution in [0.15, 0.2) is 18.3 Å². The third-order valence-electron chi connectivity index (χ3n) is 4.11. The first kappa shape index (κ1) is 13.1. The predicted molar refractivity (Wildman–Crippen MR) is 76.4 cm³/mol. The summed E-state index contributed by atoms with van der Waals surface area (Å²) in [6, 6.07) is 3.89. The normalized spacial score (nSPS) is 19.8. The molecule has 5 heteroatoms. The molecule has 3 heterocycles. The molecule has 20 heavy (non-hydrogen) atoms. The van der Waals surface area contributed by atoms with Crippen LogP contribution in [0.2, 0.25) is 0 Å². The van der Waals surface area contributed by atoms with Crippen molar-refractivity contribution >= 4 is 11.5 Å². The van der Waals surface area contributed by atoms with E-state index < -0.39 is 5.97 Å². The van der Waals surface area contributed by atoms with Gasteiger partial charge in [-0.3, -0.25) is 0 Å². The molecule has 106 valence electrons. The molecule has 2 aromatic heterocycles. The zero-order valence-corrected chi connectivity index (χ0v) is 11.8. The van der Waals surface area contributed by atoms with Gasteiger partial charge in [-0.05, 0) is 44.1 Å². The molecule has 1 fully saturated rings. The van der Waals surface area contributed by atoms with E-state index in [2.05, 4.69) is 16.8 Å². The molecule has 5 nitrogen and oxygen atoms in total. The molecule has 0 bridgehead atoms. The summed E-state index contributed by atoms with van der Waals surface area (Å²) in [5.41, 5.74) is 1.91. The molecule has 0 aromatic carbocycles. The molecule has 1 N–H and O–H groups in total. The summed E-state index contributed by atoms with van der Waals surface area (Å²) < 4.78 is 1.94. The highest BCUT2D eigenvalue weighted by atomic mass is 16.4. The molecule has 0 amide bonds. The fourth-order valence-corrected chi connectivity index (χ4v) is 2.99. The SMILES string of the molecule is CCN1CCC(c2nc(C(=O)O)c3cc(C)ccn23)C1. The Labute approximate surface area is 117 Å². The highest BCUT2D eigenvalue weighted by Gasteiger charge is 2.28. The largest absolute Gasteiger partial charge is 0.476 e. The molecule has 2 aromatic rings. The number of hydrogen-bond donors (Lipinski definition) is 1. The van der Waals surface area contributed by atoms with Crippen LogP contribution in [-0.2, 0) is 0 Å². The van der Waals surface area contributed by atoms with E-state index in [4.69, 9.17) is 0 Å². The Balaban J connectivity index is 2.10. The Kier molecular flexibility index (Phi) is 3.22. The van der Waals surface area contributed by atoms with Crippen LogP contribution in [0.5, 0.6) is 0 Å². The first-order valence-electron chi connectivity index (χ1n) is 7.04. The lowest BCUT2D eigenvalue weighted by Crippen LogP contribution is -2.19. The second-order valence-electron chi connectivity index (χ2n) is 5.46. The van der Waals surface area contributed by atoms with Gasteiger partial charge in [-0.2, -0.15) is 0 Å². The summed E-state index contributed by atoms with van der Waals surface area (Å²) >= 11 is 0. The first-order chi connectivity index (χ1) is 9.60. The van der Waals surface area contributed by atoms with E-state index in [1.807, 2.05) is 29.7 Å². The molecule has 1 aliphatic heterocycles. The molecule has 1 saturated heterocycles. The van der Waals surface area contributed by atoms with Crippen LogP contribution in [0.4, 0.5) is 0 Å². The van der Waals surface area contributed by atoms with Crippen molar-refractivity contribution in [1.29, 1.82) is 0 Å². The number of pyridine rings is 1. The Hall–Kier alpha value is -1.88. The van der Waals surface area contributed by atoms with Gasteiger partial charge in [-0.25, -0.2) is 9.78 Å². The number of aromatic nitrogens is 2. The number of aromatic carboxylic acids is 1. The van der Waals surface area contributed by atoms with Crippen LogP contribution in [-0.4, -0.2) is 45.0 Å². The number of aryl methyl sites for hydroxylation is 1. The molecular formula is C15H19N3O2. The number of carbonyl (C=O) groups is 1. The van der Waals surface area contributed by atoms with Crippen LogP contribution in [0.1, 0.15) is 41.1 Å². The average molecular weight is 273 g/mol. The van der Waals surface area contributed by atoms with Crippen molar-refractivity contribution in [3.63, 3.8) is 0 Å². The second kappa shape index (κ2) is 4.90. The smallest absolute Gasteiger partial charge is 0.356 e. The number of likely N-dealkylation sites (N-methyl/N-ethyl adjacent to an activating group) is 1. The zero-order chi connectivity index (χ0) is 14.3. The van der Waals surface area contributed by atoms with Crippen LogP contribution in [0, 0.1) is 6.92 Å². The molecule has 3 rings (SSSR count). The lowest BCUT2D eigenvalue weighted by Gasteiger charge is -2.12. The molecule has 1 unspecified atom stereocenters. The number of carboxylic acids is 1. The van der Waals surface area contributed by atoms with Crippen LogP contribution < -0.4 is 0 Å². The predicted octanol–water partition coefficient (Wildman–Crippen LogP) is 2.15. The van der Waals surface area contributed by atoms with Gasteiger partial charge in [0, 0.05) is 18.7 Å². The maximum atomic E-state index is 11.4. The first-order valence-corrected chi connectivity index (χ1v) is 7.04. The molecular weight excluding hydrogens is 254 g/mol. The van der Waals surface area contributed by atoms with E-state index in [-0.39, 0.29) is 5.69 Å². The summed E-state index contributed by atoms with van der Waals surface area (Å²) in [5.74, 6) is 0.247. The van der Waals surface area contributed by atoms with Crippen LogP contribution in [0.25, 0.3) is 5.52 Å². The summed E-state index contributed by atoms with van der Waals surface area (Å²) in [7, 11) is 0. The zero-order valence-electron chi connectivity index (χ0n) is 11.8. The monoisotopic (exact) mass is 273 g/mol. The van der Waals surface area contributed by atoms with Crippen LogP contribution >= 0.6 is 0 Å². The maximum absolute atomic E-state index is 11.4. The van der Waals surface area contributed by atoms with Gasteiger partial charge in [0.15, 0.2) is 5.69 Å². The van der Waals surface area contributed by atoms with E-state index in [0.29, 0.717) is 11.4 Å². The fraction of sp³-hybridized carbons (Fsp3) is 0.467. The van der Waals surface area contributed by atoms with E-state index in [9.17, 15) is 9.90 Å². The average Bonchev–Trinajstić information content (AvgIpc) is 3.01. The van der Waals surface area contributed by atoms with Crippen molar-refractivity contribution < 1.29 is 9.90 Å². The highest BCUT2D eigenvalue weighted by molar-refractivity contribution is 5.93. The Morgan fingerprint density at radius 2 is 2.35 bits per heavy atom. The lowest BCUT2D eigenvalue weighted by atomic mass is 10.1. The van der Waals surface area contributed by atoms with E-state index in [1.54, 1.807) is 0 Å². The van der Waals surface area contributed by atoms with Crippen molar-refractivity contribution in [1.82, 2.24) is 14.3 Å². The molecule has 0 saturated carbocycles. The van der Waals surface area contributed by atoms with Gasteiger partial charge in [-0.1, -0.05) is 6.92 Å². The fourth-order valence-electron chi connectivity index (χ4n) is 2.99. The molecule has 1 atom stereocenters. The minimum Gasteiger partial charge on any atom is -0.476 e. The van der Waals surface area contributed by atoms with Crippen molar-refractivity contribution in [2.45, 2.75) is 26.2 Å². The summed E-state index contributed by atoms with van der Waals surface area (Å²) in [6.07, 6.45) is 2.98. The van der Waals surface area contributed by atoms with Gasteiger partial charge in [0.25, 0.3) is 0 Å². The van der Waals surface area contributed by atoms with Crippen molar-refractivity contribution in [2.24, 2.45) is 0 Å². The number of carboxylic acid groups (broad SMARTS) is 1. The summed E-state index contributed by atoms with van der Waals surface area (Å²) in [6.45, 7) is 7.17. The molecule has 0 spiro atoms. The number of rotatable bonds is 3. The number of fused-ring (bicyclic) bond motifs is 1. The van der Waals surface area contributed by atoms with Gasteiger partial charge in [0.1, 0.15) is 5.82 Å². The Bertz CT molecular complexity index is 662. The van der Waals surface area contributed by atoms with Crippen molar-refractivity contribution in [3.05, 3.63) is 35.4 Å². The minimum absolute atomic E-state index is 0.165. The minimum atomic E-state index is -0.954. The number of nitrogens with zero attached hydrogens (tertiary/aromatic N) is 3. The summed E-state index contributed by atoms with van der Waals surface area (Å²) in [4.78, 5) is 18.2. The van der Waals surface area contributed by atoms with Crippen molar-refractivity contribution in [3.8, 4) is 0 Å². The molecule has 0 aliphatic carbocycles. The van der Waals surface area contributed by atoms with E-state index >= 15 is 0 Å². The lowest BCUT2D eigenvalue weighted by molar-refractivity contribution is 0.0693. The molecule has 0 radical (unpaired) electrons. The van der Waals surface area contributed by atoms with Gasteiger partial charge < -0.3 is 14.4 Å². The highest BCUT2D eigenvalue weighted by Crippen LogP contribution is 2.28. The van der Waals surface area contributed by atoms with Gasteiger partial charge >= 0.3 is 5.97 Å². The van der Waals surface area contributed by atoms with E-state index in [0.717, 1.165) is 37.4 Å². The van der Waals surface area contributed by atoms with Gasteiger partial charge in [-0.15, -0.1) is 0 Å². The maximum Gasteiger partial charge on any atom is 0.356 e. The topological polar surface area (TPSA) is 57.8 Å².